The van der Waals surface area contributed by atoms with Crippen molar-refractivity contribution in [1.82, 2.24) is 0 Å². The first-order valence-electron chi connectivity index (χ1n) is 16.6. The number of benzene rings is 1. The van der Waals surface area contributed by atoms with Crippen LogP contribution in [0.5, 0.6) is 0 Å². The monoisotopic (exact) mass is 686 g/mol. The quantitative estimate of drug-likeness (QED) is 0.133. The van der Waals surface area contributed by atoms with Gasteiger partial charge in [0, 0.05) is 5.56 Å². The van der Waals surface area contributed by atoms with E-state index in [-0.39, 0.29) is 6.61 Å². The van der Waals surface area contributed by atoms with Gasteiger partial charge in [-0.15, -0.1) is 5.54 Å². The average molecular weight is 687 g/mol. The highest BCUT2D eigenvalue weighted by atomic mass is 28.3. The minimum Gasteiger partial charge on any atom is -0.462 e. The van der Waals surface area contributed by atoms with Crippen LogP contribution in [-0.2, 0) is 42.9 Å². The molecule has 1 saturated heterocycles. The van der Waals surface area contributed by atoms with E-state index in [0.717, 1.165) is 11.1 Å². The molecule has 1 aliphatic heterocycles. The summed E-state index contributed by atoms with van der Waals surface area (Å²) in [4.78, 5) is 53.5. The molecule has 0 N–H and O–H groups in total. The van der Waals surface area contributed by atoms with Crippen LogP contribution in [0.2, 0.25) is 19.6 Å². The molecule has 1 aromatic carbocycles. The highest BCUT2D eigenvalue weighted by Gasteiger charge is 2.55. The third-order valence-electron chi connectivity index (χ3n) is 7.35. The Labute approximate surface area is 289 Å². The smallest absolute Gasteiger partial charge is 0.311 e. The molecule has 0 unspecified atom stereocenters. The summed E-state index contributed by atoms with van der Waals surface area (Å²) in [6.07, 6.45) is -5.89. The molecule has 268 valence electrons. The van der Waals surface area contributed by atoms with Gasteiger partial charge in [0.05, 0.1) is 21.7 Å². The number of carbonyl (C=O) groups is 4. The zero-order valence-corrected chi connectivity index (χ0v) is 33.0. The van der Waals surface area contributed by atoms with Crippen LogP contribution in [0.15, 0.2) is 18.2 Å². The number of hydrogen-bond acceptors (Lipinski definition) is 9. The Balaban J connectivity index is 2.86. The van der Waals surface area contributed by atoms with E-state index in [1.54, 1.807) is 83.1 Å². The van der Waals surface area contributed by atoms with E-state index in [1.807, 2.05) is 25.1 Å². The average Bonchev–Trinajstić information content (AvgIpc) is 2.90. The molecule has 0 aromatic heterocycles. The van der Waals surface area contributed by atoms with E-state index in [1.165, 1.54) is 0 Å². The minimum atomic E-state index is -1.64. The zero-order chi connectivity index (χ0) is 37.2. The lowest BCUT2D eigenvalue weighted by Crippen LogP contribution is -2.61. The number of carbonyl (C=O) groups excluding carboxylic acids is 4. The maximum atomic E-state index is 13.6. The van der Waals surface area contributed by atoms with E-state index >= 15 is 0 Å². The molecule has 0 radical (unpaired) electrons. The van der Waals surface area contributed by atoms with Gasteiger partial charge in [0.1, 0.15) is 26.9 Å². The molecule has 2 rings (SSSR count). The number of hydrogen-bond donors (Lipinski definition) is 0. The molecule has 1 aliphatic rings. The lowest BCUT2D eigenvalue weighted by molar-refractivity contribution is -0.262. The van der Waals surface area contributed by atoms with Crippen molar-refractivity contribution in [1.29, 1.82) is 0 Å². The van der Waals surface area contributed by atoms with Crippen LogP contribution in [-0.4, -0.2) is 63.0 Å². The third kappa shape index (κ3) is 11.5. The Morgan fingerprint density at radius 2 is 1.12 bits per heavy atom. The van der Waals surface area contributed by atoms with Crippen molar-refractivity contribution >= 4 is 32.0 Å². The largest absolute Gasteiger partial charge is 0.462 e. The molecule has 5 atom stereocenters. The predicted molar refractivity (Wildman–Crippen MR) is 187 cm³/mol. The number of aryl methyl sites for hydroxylation is 1. The van der Waals surface area contributed by atoms with Gasteiger partial charge in [-0.3, -0.25) is 19.2 Å². The molecule has 1 aromatic rings. The summed E-state index contributed by atoms with van der Waals surface area (Å²) in [5.41, 5.74) is 2.01. The van der Waals surface area contributed by atoms with Crippen LogP contribution in [0.25, 0.3) is 0 Å². The van der Waals surface area contributed by atoms with Crippen molar-refractivity contribution < 1.29 is 42.9 Å². The number of ether oxygens (including phenoxy) is 5. The summed E-state index contributed by atoms with van der Waals surface area (Å²) in [6.45, 7) is 28.6. The van der Waals surface area contributed by atoms with Crippen molar-refractivity contribution in [3.8, 4) is 11.5 Å². The molecule has 10 heteroatoms. The molecule has 9 nitrogen and oxygen atoms in total. The molecule has 48 heavy (non-hydrogen) atoms. The van der Waals surface area contributed by atoms with E-state index in [4.69, 9.17) is 23.7 Å². The second-order valence-corrected chi connectivity index (χ2v) is 22.6. The Kier molecular flexibility index (Phi) is 12.6. The Morgan fingerprint density at radius 1 is 0.688 bits per heavy atom. The molecule has 0 amide bonds. The van der Waals surface area contributed by atoms with Gasteiger partial charge >= 0.3 is 23.9 Å². The number of esters is 4. The molecule has 1 fully saturated rings. The van der Waals surface area contributed by atoms with Gasteiger partial charge in [-0.25, -0.2) is 0 Å². The summed E-state index contributed by atoms with van der Waals surface area (Å²) in [7, 11) is -1.64. The van der Waals surface area contributed by atoms with E-state index in [9.17, 15) is 19.2 Å². The second kappa shape index (κ2) is 14.8. The SMILES string of the molecule is Cc1cc(C#C[Si](C)(C)C)ccc1[C@H]1O[C@H](COC(=O)C(C)(C)C)[C@@H](OC(=O)C(C)(C)C)[C@@H](OC(=O)C(C)(C)C)[C@@H]1OC(=O)C(C)(C)C. The first-order chi connectivity index (χ1) is 21.5. The van der Waals surface area contributed by atoms with Gasteiger partial charge in [-0.05, 0) is 113 Å². The maximum Gasteiger partial charge on any atom is 0.311 e. The van der Waals surface area contributed by atoms with Gasteiger partial charge in [0.25, 0.3) is 0 Å². The second-order valence-electron chi connectivity index (χ2n) is 17.9. The summed E-state index contributed by atoms with van der Waals surface area (Å²) >= 11 is 0. The molecule has 0 aliphatic carbocycles. The Hall–Kier alpha value is -3.16. The van der Waals surface area contributed by atoms with Crippen LogP contribution >= 0.6 is 0 Å². The highest BCUT2D eigenvalue weighted by molar-refractivity contribution is 6.83. The van der Waals surface area contributed by atoms with Gasteiger partial charge in [0.15, 0.2) is 18.3 Å². The molecular formula is C38H58O9Si. The van der Waals surface area contributed by atoms with Crippen LogP contribution in [0.1, 0.15) is 106 Å². The van der Waals surface area contributed by atoms with Crippen LogP contribution in [0.4, 0.5) is 0 Å². The lowest BCUT2D eigenvalue weighted by atomic mass is 9.87. The van der Waals surface area contributed by atoms with Crippen LogP contribution in [0.3, 0.4) is 0 Å². The fourth-order valence-corrected chi connectivity index (χ4v) is 4.83. The van der Waals surface area contributed by atoms with E-state index in [0.29, 0.717) is 5.56 Å². The Bertz CT molecular complexity index is 1420. The van der Waals surface area contributed by atoms with Crippen molar-refractivity contribution in [3.63, 3.8) is 0 Å². The fraction of sp³-hybridized carbons (Fsp3) is 0.684. The predicted octanol–water partition coefficient (Wildman–Crippen LogP) is 7.13. The zero-order valence-electron chi connectivity index (χ0n) is 32.0. The normalized spacial score (nSPS) is 22.1. The summed E-state index contributed by atoms with van der Waals surface area (Å²) < 4.78 is 30.8. The molecule has 0 spiro atoms. The van der Waals surface area contributed by atoms with Gasteiger partial charge in [0.2, 0.25) is 0 Å². The van der Waals surface area contributed by atoms with Crippen molar-refractivity contribution in [3.05, 3.63) is 34.9 Å². The lowest BCUT2D eigenvalue weighted by Gasteiger charge is -2.46. The van der Waals surface area contributed by atoms with Gasteiger partial charge in [-0.1, -0.05) is 31.6 Å². The Morgan fingerprint density at radius 3 is 1.54 bits per heavy atom. The first kappa shape index (κ1) is 41.0. The standard InChI is InChI=1S/C38H58O9Si/c1-23-21-24(19-20-48(14,15)16)17-18-25(23)27-29(46-33(41)37(8,9)10)30(47-34(42)38(11,12)13)28(45-32(40)36(5,6)7)26(44-27)22-43-31(39)35(2,3)4/h17-18,21,26-30H,22H2,1-16H3/t26-,27-,28-,29-,30-/m1/s1. The van der Waals surface area contributed by atoms with Crippen LogP contribution < -0.4 is 0 Å². The van der Waals surface area contributed by atoms with Crippen molar-refractivity contribution in [2.45, 2.75) is 140 Å². The molecule has 0 bridgehead atoms. The highest BCUT2D eigenvalue weighted by Crippen LogP contribution is 2.41. The van der Waals surface area contributed by atoms with Crippen molar-refractivity contribution in [2.75, 3.05) is 6.61 Å². The molecular weight excluding hydrogens is 628 g/mol. The maximum absolute atomic E-state index is 13.6. The van der Waals surface area contributed by atoms with E-state index < -0.39 is 84.1 Å². The summed E-state index contributed by atoms with van der Waals surface area (Å²) in [5, 5.41) is 0. The fourth-order valence-electron chi connectivity index (χ4n) is 4.31. The van der Waals surface area contributed by atoms with Crippen molar-refractivity contribution in [2.24, 2.45) is 21.7 Å². The van der Waals surface area contributed by atoms with Crippen LogP contribution in [0, 0.1) is 40.0 Å². The van der Waals surface area contributed by atoms with E-state index in [2.05, 4.69) is 31.1 Å². The molecule has 0 saturated carbocycles. The summed E-state index contributed by atoms with van der Waals surface area (Å²) in [6, 6.07) is 5.66. The third-order valence-corrected chi connectivity index (χ3v) is 8.22. The minimum absolute atomic E-state index is 0.309. The molecule has 1 heterocycles. The summed E-state index contributed by atoms with van der Waals surface area (Å²) in [5.74, 6) is 1.02. The topological polar surface area (TPSA) is 114 Å². The first-order valence-corrected chi connectivity index (χ1v) is 20.1. The van der Waals surface area contributed by atoms with Gasteiger partial charge in [-0.2, -0.15) is 0 Å². The number of rotatable bonds is 6. The van der Waals surface area contributed by atoms with Gasteiger partial charge < -0.3 is 23.7 Å².